The average Bonchev–Trinajstić information content (AvgIpc) is 2.97. The molecular weight excluding hydrogens is 286 g/mol. The standard InChI is InChI=1S/C15H17N3O4/c1-2-5-22-10-3-4-11-9(6-10)7-18(14(11)20)8-12-13(19)17-15(21)16-12/h3-4,6,12H,2,5,7-8H2,1H3,(H2,16,17,19,21)/t12-/m1/s1. The van der Waals surface area contributed by atoms with Crippen LogP contribution in [0.15, 0.2) is 18.2 Å². The summed E-state index contributed by atoms with van der Waals surface area (Å²) in [5, 5.41) is 4.66. The van der Waals surface area contributed by atoms with Gasteiger partial charge in [0.1, 0.15) is 11.8 Å². The molecule has 116 valence electrons. The number of benzene rings is 1. The molecule has 0 unspecified atom stereocenters. The van der Waals surface area contributed by atoms with E-state index in [1.165, 1.54) is 0 Å². The fourth-order valence-electron chi connectivity index (χ4n) is 2.62. The molecule has 1 saturated heterocycles. The van der Waals surface area contributed by atoms with Gasteiger partial charge in [-0.25, -0.2) is 4.79 Å². The molecular formula is C15H17N3O4. The first kappa shape index (κ1) is 14.4. The van der Waals surface area contributed by atoms with Crippen molar-refractivity contribution in [1.82, 2.24) is 15.5 Å². The quantitative estimate of drug-likeness (QED) is 0.781. The zero-order chi connectivity index (χ0) is 15.7. The zero-order valence-corrected chi connectivity index (χ0v) is 12.2. The Morgan fingerprint density at radius 3 is 2.82 bits per heavy atom. The smallest absolute Gasteiger partial charge is 0.322 e. The second-order valence-corrected chi connectivity index (χ2v) is 5.37. The fourth-order valence-corrected chi connectivity index (χ4v) is 2.62. The molecule has 1 aromatic carbocycles. The Bertz CT molecular complexity index is 644. The Labute approximate surface area is 127 Å². The van der Waals surface area contributed by atoms with E-state index in [9.17, 15) is 14.4 Å². The molecule has 0 aliphatic carbocycles. The molecule has 0 saturated carbocycles. The van der Waals surface area contributed by atoms with Crippen molar-refractivity contribution in [1.29, 1.82) is 0 Å². The first-order chi connectivity index (χ1) is 10.6. The lowest BCUT2D eigenvalue weighted by Crippen LogP contribution is -2.42. The largest absolute Gasteiger partial charge is 0.494 e. The van der Waals surface area contributed by atoms with Crippen molar-refractivity contribution in [2.45, 2.75) is 25.9 Å². The van der Waals surface area contributed by atoms with Crippen LogP contribution < -0.4 is 15.4 Å². The molecule has 1 aromatic rings. The van der Waals surface area contributed by atoms with Gasteiger partial charge in [-0.15, -0.1) is 0 Å². The summed E-state index contributed by atoms with van der Waals surface area (Å²) in [4.78, 5) is 36.6. The number of nitrogens with zero attached hydrogens (tertiary/aromatic N) is 1. The molecule has 2 N–H and O–H groups in total. The second kappa shape index (κ2) is 5.67. The van der Waals surface area contributed by atoms with Crippen LogP contribution in [0, 0.1) is 0 Å². The van der Waals surface area contributed by atoms with E-state index >= 15 is 0 Å². The van der Waals surface area contributed by atoms with Crippen LogP contribution in [-0.4, -0.2) is 41.9 Å². The van der Waals surface area contributed by atoms with E-state index in [2.05, 4.69) is 10.6 Å². The summed E-state index contributed by atoms with van der Waals surface area (Å²) in [5.74, 6) is 0.203. The molecule has 2 aliphatic heterocycles. The summed E-state index contributed by atoms with van der Waals surface area (Å²) in [7, 11) is 0. The Hall–Kier alpha value is -2.57. The lowest BCUT2D eigenvalue weighted by molar-refractivity contribution is -0.120. The molecule has 7 heteroatoms. The van der Waals surface area contributed by atoms with Gasteiger partial charge in [0.2, 0.25) is 0 Å². The number of hydrogen-bond donors (Lipinski definition) is 2. The van der Waals surface area contributed by atoms with Crippen LogP contribution in [0.2, 0.25) is 0 Å². The van der Waals surface area contributed by atoms with E-state index in [1.807, 2.05) is 13.0 Å². The van der Waals surface area contributed by atoms with Gasteiger partial charge in [-0.2, -0.15) is 0 Å². The lowest BCUT2D eigenvalue weighted by atomic mass is 10.1. The molecule has 2 aliphatic rings. The lowest BCUT2D eigenvalue weighted by Gasteiger charge is -2.18. The first-order valence-electron chi connectivity index (χ1n) is 7.25. The number of imide groups is 1. The molecule has 0 bridgehead atoms. The van der Waals surface area contributed by atoms with E-state index in [-0.39, 0.29) is 12.5 Å². The van der Waals surface area contributed by atoms with Gasteiger partial charge in [0, 0.05) is 12.1 Å². The Balaban J connectivity index is 1.70. The minimum atomic E-state index is -0.693. The van der Waals surface area contributed by atoms with Crippen LogP contribution in [0.4, 0.5) is 4.79 Å². The van der Waals surface area contributed by atoms with Gasteiger partial charge < -0.3 is 15.0 Å². The second-order valence-electron chi connectivity index (χ2n) is 5.37. The van der Waals surface area contributed by atoms with Crippen LogP contribution in [0.1, 0.15) is 29.3 Å². The van der Waals surface area contributed by atoms with E-state index < -0.39 is 18.0 Å². The highest BCUT2D eigenvalue weighted by Gasteiger charge is 2.35. The summed E-state index contributed by atoms with van der Waals surface area (Å²) in [5.41, 5.74) is 1.50. The number of urea groups is 1. The van der Waals surface area contributed by atoms with Crippen molar-refractivity contribution in [3.05, 3.63) is 29.3 Å². The van der Waals surface area contributed by atoms with Crippen molar-refractivity contribution in [3.8, 4) is 5.75 Å². The minimum Gasteiger partial charge on any atom is -0.494 e. The molecule has 1 fully saturated rings. The third kappa shape index (κ3) is 2.61. The number of carbonyl (C=O) groups excluding carboxylic acids is 3. The number of carbonyl (C=O) groups is 3. The van der Waals surface area contributed by atoms with Gasteiger partial charge in [0.15, 0.2) is 0 Å². The van der Waals surface area contributed by atoms with Gasteiger partial charge in [-0.1, -0.05) is 6.92 Å². The van der Waals surface area contributed by atoms with E-state index in [0.29, 0.717) is 18.7 Å². The molecule has 0 radical (unpaired) electrons. The number of fused-ring (bicyclic) bond motifs is 1. The van der Waals surface area contributed by atoms with Crippen LogP contribution >= 0.6 is 0 Å². The van der Waals surface area contributed by atoms with Crippen LogP contribution in [-0.2, 0) is 11.3 Å². The van der Waals surface area contributed by atoms with E-state index in [4.69, 9.17) is 4.74 Å². The van der Waals surface area contributed by atoms with Crippen molar-refractivity contribution in [3.63, 3.8) is 0 Å². The zero-order valence-electron chi connectivity index (χ0n) is 12.2. The summed E-state index contributed by atoms with van der Waals surface area (Å²) >= 11 is 0. The minimum absolute atomic E-state index is 0.133. The van der Waals surface area contributed by atoms with Gasteiger partial charge in [0.05, 0.1) is 13.2 Å². The molecule has 1 atom stereocenters. The summed E-state index contributed by atoms with van der Waals surface area (Å²) in [6.45, 7) is 3.23. The van der Waals surface area contributed by atoms with Gasteiger partial charge in [-0.05, 0) is 30.2 Å². The number of ether oxygens (including phenoxy) is 1. The number of nitrogens with one attached hydrogen (secondary N) is 2. The van der Waals surface area contributed by atoms with Gasteiger partial charge in [0.25, 0.3) is 11.8 Å². The number of hydrogen-bond acceptors (Lipinski definition) is 4. The summed E-state index contributed by atoms with van der Waals surface area (Å²) < 4.78 is 5.56. The first-order valence-corrected chi connectivity index (χ1v) is 7.25. The third-order valence-corrected chi connectivity index (χ3v) is 3.69. The van der Waals surface area contributed by atoms with Crippen molar-refractivity contribution < 1.29 is 19.1 Å². The highest BCUT2D eigenvalue weighted by atomic mass is 16.5. The molecule has 2 heterocycles. The molecule has 7 nitrogen and oxygen atoms in total. The number of amides is 4. The SMILES string of the molecule is CCCOc1ccc2c(c1)CN(C[C@H]1NC(=O)NC1=O)C2=O. The molecule has 0 spiro atoms. The molecule has 4 amide bonds. The topological polar surface area (TPSA) is 87.7 Å². The Morgan fingerprint density at radius 2 is 2.14 bits per heavy atom. The van der Waals surface area contributed by atoms with Crippen LogP contribution in [0.3, 0.4) is 0 Å². The highest BCUT2D eigenvalue weighted by molar-refractivity contribution is 6.05. The van der Waals surface area contributed by atoms with E-state index in [0.717, 1.165) is 17.7 Å². The summed E-state index contributed by atoms with van der Waals surface area (Å²) in [6.07, 6.45) is 0.915. The summed E-state index contributed by atoms with van der Waals surface area (Å²) in [6, 6.07) is 4.17. The van der Waals surface area contributed by atoms with Gasteiger partial charge >= 0.3 is 6.03 Å². The highest BCUT2D eigenvalue weighted by Crippen LogP contribution is 2.27. The predicted molar refractivity (Wildman–Crippen MR) is 77.4 cm³/mol. The third-order valence-electron chi connectivity index (χ3n) is 3.69. The van der Waals surface area contributed by atoms with E-state index in [1.54, 1.807) is 17.0 Å². The van der Waals surface area contributed by atoms with Crippen molar-refractivity contribution in [2.75, 3.05) is 13.2 Å². The average molecular weight is 303 g/mol. The Kier molecular flexibility index (Phi) is 3.70. The fraction of sp³-hybridized carbons (Fsp3) is 0.400. The number of rotatable bonds is 5. The maximum atomic E-state index is 12.3. The monoisotopic (exact) mass is 303 g/mol. The van der Waals surface area contributed by atoms with Crippen molar-refractivity contribution in [2.24, 2.45) is 0 Å². The Morgan fingerprint density at radius 1 is 1.32 bits per heavy atom. The van der Waals surface area contributed by atoms with Crippen LogP contribution in [0.25, 0.3) is 0 Å². The van der Waals surface area contributed by atoms with Crippen LogP contribution in [0.5, 0.6) is 5.75 Å². The predicted octanol–water partition coefficient (Wildman–Crippen LogP) is 0.639. The maximum absolute atomic E-state index is 12.3. The maximum Gasteiger partial charge on any atom is 0.322 e. The normalized spacial score (nSPS) is 20.0. The molecule has 3 rings (SSSR count). The van der Waals surface area contributed by atoms with Crippen molar-refractivity contribution >= 4 is 17.8 Å². The molecule has 22 heavy (non-hydrogen) atoms. The molecule has 0 aromatic heterocycles. The van der Waals surface area contributed by atoms with Gasteiger partial charge in [-0.3, -0.25) is 14.9 Å².